The predicted molar refractivity (Wildman–Crippen MR) is 74.2 cm³/mol. The molecule has 1 atom stereocenters. The molecule has 102 valence electrons. The third kappa shape index (κ3) is 2.96. The first-order chi connectivity index (χ1) is 9.15. The zero-order chi connectivity index (χ0) is 13.8. The SMILES string of the molecule is CCc1cc(C(O)Cc2ccccc2OC)n(C)n1. The van der Waals surface area contributed by atoms with Crippen LogP contribution < -0.4 is 4.74 Å². The minimum atomic E-state index is -0.575. The molecule has 0 fully saturated rings. The van der Waals surface area contributed by atoms with E-state index < -0.39 is 6.10 Å². The van der Waals surface area contributed by atoms with Crippen molar-refractivity contribution >= 4 is 0 Å². The summed E-state index contributed by atoms with van der Waals surface area (Å²) >= 11 is 0. The molecule has 4 heteroatoms. The average Bonchev–Trinajstić information content (AvgIpc) is 2.80. The fourth-order valence-electron chi connectivity index (χ4n) is 2.21. The van der Waals surface area contributed by atoms with Gasteiger partial charge in [-0.3, -0.25) is 4.68 Å². The Hall–Kier alpha value is -1.81. The maximum atomic E-state index is 10.4. The van der Waals surface area contributed by atoms with Crippen LogP contribution in [0.3, 0.4) is 0 Å². The van der Waals surface area contributed by atoms with Gasteiger partial charge in [0.1, 0.15) is 5.75 Å². The van der Waals surface area contributed by atoms with E-state index in [9.17, 15) is 5.11 Å². The molecule has 1 aromatic heterocycles. The Balaban J connectivity index is 2.20. The van der Waals surface area contributed by atoms with E-state index in [2.05, 4.69) is 12.0 Å². The summed E-state index contributed by atoms with van der Waals surface area (Å²) in [5.41, 5.74) is 2.83. The summed E-state index contributed by atoms with van der Waals surface area (Å²) in [5.74, 6) is 0.805. The quantitative estimate of drug-likeness (QED) is 0.897. The molecule has 0 spiro atoms. The highest BCUT2D eigenvalue weighted by Gasteiger charge is 2.16. The molecular weight excluding hydrogens is 240 g/mol. The number of aryl methyl sites for hydroxylation is 2. The Morgan fingerprint density at radius 2 is 2.11 bits per heavy atom. The van der Waals surface area contributed by atoms with E-state index in [1.165, 1.54) is 0 Å². The number of aromatic nitrogens is 2. The molecule has 0 saturated heterocycles. The number of hydrogen-bond donors (Lipinski definition) is 1. The molecule has 1 N–H and O–H groups in total. The highest BCUT2D eigenvalue weighted by Crippen LogP contribution is 2.25. The van der Waals surface area contributed by atoms with E-state index >= 15 is 0 Å². The second-order valence-corrected chi connectivity index (χ2v) is 4.57. The molecule has 0 amide bonds. The minimum absolute atomic E-state index is 0.521. The van der Waals surface area contributed by atoms with E-state index in [1.807, 2.05) is 37.4 Å². The molecule has 2 aromatic rings. The first kappa shape index (κ1) is 13.6. The van der Waals surface area contributed by atoms with Crippen LogP contribution in [0.15, 0.2) is 30.3 Å². The summed E-state index contributed by atoms with van der Waals surface area (Å²) in [4.78, 5) is 0. The van der Waals surface area contributed by atoms with Crippen LogP contribution in [0.1, 0.15) is 30.0 Å². The molecule has 0 radical (unpaired) electrons. The van der Waals surface area contributed by atoms with Crippen LogP contribution >= 0.6 is 0 Å². The molecule has 0 saturated carbocycles. The van der Waals surface area contributed by atoms with Crippen molar-refractivity contribution in [2.24, 2.45) is 7.05 Å². The molecule has 0 aliphatic heterocycles. The van der Waals surface area contributed by atoms with Gasteiger partial charge in [0, 0.05) is 13.5 Å². The second-order valence-electron chi connectivity index (χ2n) is 4.57. The second kappa shape index (κ2) is 5.89. The van der Waals surface area contributed by atoms with E-state index in [0.29, 0.717) is 6.42 Å². The lowest BCUT2D eigenvalue weighted by Gasteiger charge is -2.13. The van der Waals surface area contributed by atoms with Crippen LogP contribution in [-0.2, 0) is 19.9 Å². The summed E-state index contributed by atoms with van der Waals surface area (Å²) in [6.45, 7) is 2.05. The van der Waals surface area contributed by atoms with Crippen molar-refractivity contribution in [3.8, 4) is 5.75 Å². The average molecular weight is 260 g/mol. The summed E-state index contributed by atoms with van der Waals surface area (Å²) in [7, 11) is 3.50. The topological polar surface area (TPSA) is 47.3 Å². The maximum Gasteiger partial charge on any atom is 0.122 e. The van der Waals surface area contributed by atoms with Gasteiger partial charge in [0.05, 0.1) is 24.6 Å². The van der Waals surface area contributed by atoms with Crippen LogP contribution in [0.5, 0.6) is 5.75 Å². The highest BCUT2D eigenvalue weighted by atomic mass is 16.5. The molecule has 2 rings (SSSR count). The van der Waals surface area contributed by atoms with E-state index in [1.54, 1.807) is 11.8 Å². The van der Waals surface area contributed by atoms with Gasteiger partial charge in [-0.25, -0.2) is 0 Å². The normalized spacial score (nSPS) is 12.4. The van der Waals surface area contributed by atoms with Crippen molar-refractivity contribution in [1.29, 1.82) is 0 Å². The van der Waals surface area contributed by atoms with Crippen molar-refractivity contribution in [3.05, 3.63) is 47.3 Å². The van der Waals surface area contributed by atoms with Crippen molar-refractivity contribution in [2.45, 2.75) is 25.9 Å². The molecule has 0 aliphatic rings. The Bertz CT molecular complexity index is 549. The first-order valence-electron chi connectivity index (χ1n) is 6.48. The number of aliphatic hydroxyl groups excluding tert-OH is 1. The molecule has 1 unspecified atom stereocenters. The fraction of sp³-hybridized carbons (Fsp3) is 0.400. The van der Waals surface area contributed by atoms with E-state index in [-0.39, 0.29) is 0 Å². The van der Waals surface area contributed by atoms with E-state index in [0.717, 1.165) is 29.1 Å². The van der Waals surface area contributed by atoms with Gasteiger partial charge in [-0.1, -0.05) is 25.1 Å². The summed E-state index contributed by atoms with van der Waals surface area (Å²) in [6.07, 6.45) is 0.816. The van der Waals surface area contributed by atoms with Crippen molar-refractivity contribution in [3.63, 3.8) is 0 Å². The monoisotopic (exact) mass is 260 g/mol. The number of para-hydroxylation sites is 1. The third-order valence-corrected chi connectivity index (χ3v) is 3.28. The lowest BCUT2D eigenvalue weighted by atomic mass is 10.0. The molecule has 19 heavy (non-hydrogen) atoms. The predicted octanol–water partition coefficient (Wildman–Crippen LogP) is 2.27. The molecule has 1 aromatic carbocycles. The number of rotatable bonds is 5. The molecule has 4 nitrogen and oxygen atoms in total. The van der Waals surface area contributed by atoms with Crippen LogP contribution in [0.25, 0.3) is 0 Å². The number of methoxy groups -OCH3 is 1. The number of benzene rings is 1. The van der Waals surface area contributed by atoms with Crippen LogP contribution in [0.4, 0.5) is 0 Å². The maximum absolute atomic E-state index is 10.4. The van der Waals surface area contributed by atoms with Gasteiger partial charge >= 0.3 is 0 Å². The van der Waals surface area contributed by atoms with Crippen molar-refractivity contribution in [1.82, 2.24) is 9.78 Å². The largest absolute Gasteiger partial charge is 0.496 e. The summed E-state index contributed by atoms with van der Waals surface area (Å²) in [6, 6.07) is 9.71. The van der Waals surface area contributed by atoms with Crippen LogP contribution in [-0.4, -0.2) is 22.0 Å². The number of ether oxygens (including phenoxy) is 1. The lowest BCUT2D eigenvalue weighted by molar-refractivity contribution is 0.167. The molecule has 0 aliphatic carbocycles. The summed E-state index contributed by atoms with van der Waals surface area (Å²) in [5, 5.41) is 14.7. The van der Waals surface area contributed by atoms with Crippen LogP contribution in [0, 0.1) is 0 Å². The standard InChI is InChI=1S/C15H20N2O2/c1-4-12-10-13(17(2)16-12)14(18)9-11-7-5-6-8-15(11)19-3/h5-8,10,14,18H,4,9H2,1-3H3. The number of aliphatic hydroxyl groups is 1. The Labute approximate surface area is 113 Å². The number of nitrogens with zero attached hydrogens (tertiary/aromatic N) is 2. The number of hydrogen-bond acceptors (Lipinski definition) is 3. The van der Waals surface area contributed by atoms with Gasteiger partial charge in [0.15, 0.2) is 0 Å². The summed E-state index contributed by atoms with van der Waals surface area (Å²) < 4.78 is 7.05. The Morgan fingerprint density at radius 3 is 2.74 bits per heavy atom. The molecular formula is C15H20N2O2. The van der Waals surface area contributed by atoms with Crippen molar-refractivity contribution < 1.29 is 9.84 Å². The smallest absolute Gasteiger partial charge is 0.122 e. The van der Waals surface area contributed by atoms with Gasteiger partial charge in [0.25, 0.3) is 0 Å². The minimum Gasteiger partial charge on any atom is -0.496 e. The molecule has 0 bridgehead atoms. The Kier molecular flexibility index (Phi) is 4.22. The lowest BCUT2D eigenvalue weighted by Crippen LogP contribution is -2.08. The van der Waals surface area contributed by atoms with Crippen LogP contribution in [0.2, 0.25) is 0 Å². The third-order valence-electron chi connectivity index (χ3n) is 3.28. The highest BCUT2D eigenvalue weighted by molar-refractivity contribution is 5.34. The van der Waals surface area contributed by atoms with Gasteiger partial charge < -0.3 is 9.84 Å². The van der Waals surface area contributed by atoms with Gasteiger partial charge in [-0.05, 0) is 24.1 Å². The van der Waals surface area contributed by atoms with Gasteiger partial charge in [-0.15, -0.1) is 0 Å². The zero-order valence-electron chi connectivity index (χ0n) is 11.6. The van der Waals surface area contributed by atoms with E-state index in [4.69, 9.17) is 4.74 Å². The van der Waals surface area contributed by atoms with Crippen molar-refractivity contribution in [2.75, 3.05) is 7.11 Å². The fourth-order valence-corrected chi connectivity index (χ4v) is 2.21. The zero-order valence-corrected chi connectivity index (χ0v) is 11.6. The first-order valence-corrected chi connectivity index (χ1v) is 6.48. The Morgan fingerprint density at radius 1 is 1.37 bits per heavy atom. The van der Waals surface area contributed by atoms with Gasteiger partial charge in [0.2, 0.25) is 0 Å². The molecule has 1 heterocycles. The van der Waals surface area contributed by atoms with Gasteiger partial charge in [-0.2, -0.15) is 5.10 Å².